The maximum Gasteiger partial charge on any atom is 0.262 e. The van der Waals surface area contributed by atoms with Crippen LogP contribution < -0.4 is 10.9 Å². The fraction of sp³-hybridized carbons (Fsp3) is 0.222. The summed E-state index contributed by atoms with van der Waals surface area (Å²) in [6.45, 7) is 1.71. The number of rotatable bonds is 1. The number of aryl methyl sites for hydroxylation is 1. The summed E-state index contributed by atoms with van der Waals surface area (Å²) >= 11 is 0. The molecule has 1 aliphatic rings. The zero-order valence-electron chi connectivity index (χ0n) is 13.1. The van der Waals surface area contributed by atoms with Crippen LogP contribution in [0.15, 0.2) is 41.2 Å². The predicted molar refractivity (Wildman–Crippen MR) is 89.7 cm³/mol. The Balaban J connectivity index is 1.96. The maximum atomic E-state index is 13.0. The molecule has 1 atom stereocenters. The van der Waals surface area contributed by atoms with Crippen molar-refractivity contribution in [2.24, 2.45) is 0 Å². The highest BCUT2D eigenvalue weighted by Crippen LogP contribution is 2.23. The van der Waals surface area contributed by atoms with E-state index in [0.29, 0.717) is 23.1 Å². The molecule has 6 heteroatoms. The number of aromatic nitrogens is 2. The Kier molecular flexibility index (Phi) is 3.19. The minimum Gasteiger partial charge on any atom is -0.295 e. The van der Waals surface area contributed by atoms with Crippen molar-refractivity contribution in [3.63, 3.8) is 0 Å². The highest BCUT2D eigenvalue weighted by atomic mass is 16.2. The Morgan fingerprint density at radius 3 is 2.54 bits per heavy atom. The quantitative estimate of drug-likeness (QED) is 0.548. The molecular weight excluding hydrogens is 306 g/mol. The maximum absolute atomic E-state index is 13.0. The second-order valence-corrected chi connectivity index (χ2v) is 6.02. The zero-order chi connectivity index (χ0) is 16.8. The number of carbonyl (C=O) groups excluding carboxylic acids is 2. The van der Waals surface area contributed by atoms with Gasteiger partial charge in [-0.15, -0.1) is 0 Å². The first-order valence-corrected chi connectivity index (χ1v) is 7.80. The van der Waals surface area contributed by atoms with Crippen molar-refractivity contribution in [3.05, 3.63) is 52.6 Å². The second-order valence-electron chi connectivity index (χ2n) is 6.02. The van der Waals surface area contributed by atoms with Gasteiger partial charge in [0.15, 0.2) is 0 Å². The monoisotopic (exact) mass is 321 g/mol. The lowest BCUT2D eigenvalue weighted by atomic mass is 10.0. The van der Waals surface area contributed by atoms with Gasteiger partial charge in [-0.25, -0.2) is 4.98 Å². The van der Waals surface area contributed by atoms with E-state index in [9.17, 15) is 14.4 Å². The summed E-state index contributed by atoms with van der Waals surface area (Å²) in [5.74, 6) is -0.280. The number of carbonyl (C=O) groups is 2. The van der Waals surface area contributed by atoms with E-state index in [1.54, 1.807) is 6.92 Å². The summed E-state index contributed by atoms with van der Waals surface area (Å²) in [5.41, 5.74) is 0.359. The van der Waals surface area contributed by atoms with Gasteiger partial charge in [-0.05, 0) is 36.2 Å². The van der Waals surface area contributed by atoms with Crippen molar-refractivity contribution in [1.29, 1.82) is 0 Å². The molecule has 1 aromatic heterocycles. The summed E-state index contributed by atoms with van der Waals surface area (Å²) in [7, 11) is 0. The highest BCUT2D eigenvalue weighted by molar-refractivity contribution is 6.00. The number of nitrogens with one attached hydrogen (secondary N) is 1. The molecule has 1 aliphatic heterocycles. The minimum absolute atomic E-state index is 0.220. The van der Waals surface area contributed by atoms with E-state index in [0.717, 1.165) is 10.8 Å². The third-order valence-corrected chi connectivity index (χ3v) is 4.47. The minimum atomic E-state index is -0.696. The molecule has 1 fully saturated rings. The van der Waals surface area contributed by atoms with Gasteiger partial charge in [-0.2, -0.15) is 0 Å². The van der Waals surface area contributed by atoms with Gasteiger partial charge in [0.2, 0.25) is 11.8 Å². The molecule has 120 valence electrons. The number of amides is 2. The number of imide groups is 1. The van der Waals surface area contributed by atoms with Crippen LogP contribution in [-0.2, 0) is 9.59 Å². The van der Waals surface area contributed by atoms with E-state index >= 15 is 0 Å². The zero-order valence-corrected chi connectivity index (χ0v) is 13.1. The molecule has 0 saturated carbocycles. The predicted octanol–water partition coefficient (Wildman–Crippen LogP) is 1.84. The molecule has 6 nitrogen and oxygen atoms in total. The van der Waals surface area contributed by atoms with Crippen molar-refractivity contribution in [2.75, 3.05) is 0 Å². The first kappa shape index (κ1) is 14.6. The van der Waals surface area contributed by atoms with Gasteiger partial charge in [0.05, 0.1) is 10.9 Å². The van der Waals surface area contributed by atoms with Crippen molar-refractivity contribution in [1.82, 2.24) is 14.9 Å². The van der Waals surface area contributed by atoms with Gasteiger partial charge in [0.1, 0.15) is 11.9 Å². The highest BCUT2D eigenvalue weighted by Gasteiger charge is 2.30. The summed E-state index contributed by atoms with van der Waals surface area (Å²) in [5, 5.41) is 4.73. The van der Waals surface area contributed by atoms with Crippen molar-refractivity contribution in [2.45, 2.75) is 25.8 Å². The Morgan fingerprint density at radius 2 is 1.83 bits per heavy atom. The fourth-order valence-electron chi connectivity index (χ4n) is 3.29. The SMILES string of the molecule is Cc1nc2cc3ccccc3cc2c(=O)n1[C@H]1CCC(=O)NC1=O. The number of piperidine rings is 1. The number of nitrogens with zero attached hydrogens (tertiary/aromatic N) is 2. The van der Waals surface area contributed by atoms with Crippen LogP contribution in [0.25, 0.3) is 21.7 Å². The van der Waals surface area contributed by atoms with Crippen LogP contribution >= 0.6 is 0 Å². The molecule has 3 aromatic rings. The lowest BCUT2D eigenvalue weighted by molar-refractivity contribution is -0.135. The Bertz CT molecular complexity index is 1070. The van der Waals surface area contributed by atoms with Crippen molar-refractivity contribution < 1.29 is 9.59 Å². The number of benzene rings is 2. The molecule has 0 bridgehead atoms. The summed E-state index contributed by atoms with van der Waals surface area (Å²) in [6.07, 6.45) is 0.532. The molecule has 0 radical (unpaired) electrons. The van der Waals surface area contributed by atoms with E-state index in [1.807, 2.05) is 36.4 Å². The molecule has 0 spiro atoms. The van der Waals surface area contributed by atoms with Crippen LogP contribution in [0.5, 0.6) is 0 Å². The standard InChI is InChI=1S/C18H15N3O3/c1-10-19-14-9-12-5-3-2-4-11(12)8-13(14)18(24)21(10)15-6-7-16(22)20-17(15)23/h2-5,8-9,15H,6-7H2,1H3,(H,20,22,23)/t15-/m0/s1. The van der Waals surface area contributed by atoms with Crippen LogP contribution in [0.3, 0.4) is 0 Å². The van der Waals surface area contributed by atoms with E-state index in [4.69, 9.17) is 0 Å². The Labute approximate surface area is 137 Å². The van der Waals surface area contributed by atoms with Gasteiger partial charge in [-0.1, -0.05) is 24.3 Å². The van der Waals surface area contributed by atoms with Crippen LogP contribution in [-0.4, -0.2) is 21.4 Å². The van der Waals surface area contributed by atoms with E-state index in [2.05, 4.69) is 10.3 Å². The molecule has 24 heavy (non-hydrogen) atoms. The summed E-state index contributed by atoms with van der Waals surface area (Å²) in [6, 6.07) is 10.7. The number of fused-ring (bicyclic) bond motifs is 2. The third kappa shape index (κ3) is 2.19. The van der Waals surface area contributed by atoms with Crippen LogP contribution in [0.4, 0.5) is 0 Å². The van der Waals surface area contributed by atoms with E-state index in [-0.39, 0.29) is 17.9 Å². The smallest absolute Gasteiger partial charge is 0.262 e. The number of hydrogen-bond acceptors (Lipinski definition) is 4. The third-order valence-electron chi connectivity index (χ3n) is 4.47. The Hall–Kier alpha value is -3.02. The van der Waals surface area contributed by atoms with Crippen molar-refractivity contribution >= 4 is 33.5 Å². The molecule has 0 aliphatic carbocycles. The fourth-order valence-corrected chi connectivity index (χ4v) is 3.29. The van der Waals surface area contributed by atoms with Gasteiger partial charge in [0, 0.05) is 6.42 Å². The molecule has 4 rings (SSSR count). The average Bonchev–Trinajstić information content (AvgIpc) is 2.55. The largest absolute Gasteiger partial charge is 0.295 e. The first-order chi connectivity index (χ1) is 11.5. The van der Waals surface area contributed by atoms with Gasteiger partial charge < -0.3 is 0 Å². The van der Waals surface area contributed by atoms with Gasteiger partial charge >= 0.3 is 0 Å². The normalized spacial score (nSPS) is 18.1. The lowest BCUT2D eigenvalue weighted by Crippen LogP contribution is -2.45. The van der Waals surface area contributed by atoms with Crippen LogP contribution in [0, 0.1) is 6.92 Å². The molecular formula is C18H15N3O3. The van der Waals surface area contributed by atoms with Gasteiger partial charge in [0.25, 0.3) is 5.56 Å². The summed E-state index contributed by atoms with van der Waals surface area (Å²) < 4.78 is 1.40. The summed E-state index contributed by atoms with van der Waals surface area (Å²) in [4.78, 5) is 41.0. The lowest BCUT2D eigenvalue weighted by Gasteiger charge is -2.24. The molecule has 1 N–H and O–H groups in total. The molecule has 2 amide bonds. The topological polar surface area (TPSA) is 81.1 Å². The Morgan fingerprint density at radius 1 is 1.12 bits per heavy atom. The van der Waals surface area contributed by atoms with Crippen molar-refractivity contribution in [3.8, 4) is 0 Å². The molecule has 1 saturated heterocycles. The van der Waals surface area contributed by atoms with Crippen LogP contribution in [0.1, 0.15) is 24.7 Å². The number of hydrogen-bond donors (Lipinski definition) is 1. The molecule has 0 unspecified atom stereocenters. The molecule has 2 aromatic carbocycles. The van der Waals surface area contributed by atoms with E-state index < -0.39 is 11.9 Å². The van der Waals surface area contributed by atoms with Gasteiger partial charge in [-0.3, -0.25) is 24.3 Å². The molecule has 2 heterocycles. The first-order valence-electron chi connectivity index (χ1n) is 7.80. The average molecular weight is 321 g/mol. The van der Waals surface area contributed by atoms with Crippen LogP contribution in [0.2, 0.25) is 0 Å². The second kappa shape index (κ2) is 5.26. The van der Waals surface area contributed by atoms with E-state index in [1.165, 1.54) is 4.57 Å².